The minimum Gasteiger partial charge on any atom is -0.548 e. The molecule has 1 rings (SSSR count). The molecule has 5 heteroatoms. The quantitative estimate of drug-likeness (QED) is 0.689. The molecule has 14 heavy (non-hydrogen) atoms. The Morgan fingerprint density at radius 1 is 1.57 bits per heavy atom. The predicted octanol–water partition coefficient (Wildman–Crippen LogP) is -0.373. The summed E-state index contributed by atoms with van der Waals surface area (Å²) in [6.07, 6.45) is 2.91. The van der Waals surface area contributed by atoms with Crippen LogP contribution < -0.4 is 10.4 Å². The van der Waals surface area contributed by atoms with Crippen molar-refractivity contribution in [2.45, 2.75) is 0 Å². The SMILES string of the molecule is O=C([O-])CNC(=O)C=Cc1cccs1. The fourth-order valence-electron chi connectivity index (χ4n) is 0.762. The summed E-state index contributed by atoms with van der Waals surface area (Å²) in [6.45, 7) is -0.465. The first-order valence-electron chi connectivity index (χ1n) is 3.88. The maximum atomic E-state index is 11.0. The van der Waals surface area contributed by atoms with E-state index in [9.17, 15) is 14.7 Å². The second-order valence-corrected chi connectivity index (χ2v) is 3.42. The summed E-state index contributed by atoms with van der Waals surface area (Å²) in [5, 5.41) is 14.0. The fourth-order valence-corrected chi connectivity index (χ4v) is 1.38. The molecule has 1 aromatic heterocycles. The van der Waals surface area contributed by atoms with Crippen LogP contribution in [0.4, 0.5) is 0 Å². The van der Waals surface area contributed by atoms with Gasteiger partial charge in [0, 0.05) is 11.0 Å². The van der Waals surface area contributed by atoms with E-state index in [0.29, 0.717) is 0 Å². The molecule has 1 aromatic rings. The second kappa shape index (κ2) is 5.18. The van der Waals surface area contributed by atoms with Crippen LogP contribution in [0.15, 0.2) is 23.6 Å². The Hall–Kier alpha value is -1.62. The van der Waals surface area contributed by atoms with Gasteiger partial charge in [-0.1, -0.05) is 6.07 Å². The fraction of sp³-hybridized carbons (Fsp3) is 0.111. The van der Waals surface area contributed by atoms with Crippen molar-refractivity contribution in [2.24, 2.45) is 0 Å². The van der Waals surface area contributed by atoms with Crippen LogP contribution in [0, 0.1) is 0 Å². The average Bonchev–Trinajstić information content (AvgIpc) is 2.63. The molecule has 0 unspecified atom stereocenters. The van der Waals surface area contributed by atoms with Gasteiger partial charge in [0.05, 0.1) is 12.5 Å². The first-order valence-corrected chi connectivity index (χ1v) is 4.75. The number of hydrogen-bond donors (Lipinski definition) is 1. The lowest BCUT2D eigenvalue weighted by molar-refractivity contribution is -0.303. The summed E-state index contributed by atoms with van der Waals surface area (Å²) in [5.74, 6) is -1.74. The van der Waals surface area contributed by atoms with Crippen molar-refractivity contribution in [3.8, 4) is 0 Å². The Morgan fingerprint density at radius 2 is 2.36 bits per heavy atom. The van der Waals surface area contributed by atoms with Crippen LogP contribution in [-0.4, -0.2) is 18.4 Å². The molecule has 4 nitrogen and oxygen atoms in total. The van der Waals surface area contributed by atoms with Gasteiger partial charge in [-0.15, -0.1) is 11.3 Å². The van der Waals surface area contributed by atoms with Crippen molar-refractivity contribution in [1.82, 2.24) is 5.32 Å². The minimum absolute atomic E-state index is 0.442. The minimum atomic E-state index is -1.30. The Bertz CT molecular complexity index is 343. The lowest BCUT2D eigenvalue weighted by Gasteiger charge is -2.01. The second-order valence-electron chi connectivity index (χ2n) is 2.44. The van der Waals surface area contributed by atoms with E-state index in [0.717, 1.165) is 4.88 Å². The van der Waals surface area contributed by atoms with Gasteiger partial charge < -0.3 is 15.2 Å². The van der Waals surface area contributed by atoms with Gasteiger partial charge in [-0.05, 0) is 17.5 Å². The van der Waals surface area contributed by atoms with Gasteiger partial charge in [0.15, 0.2) is 0 Å². The summed E-state index contributed by atoms with van der Waals surface area (Å²) in [7, 11) is 0. The third-order valence-electron chi connectivity index (χ3n) is 1.35. The van der Waals surface area contributed by atoms with Gasteiger partial charge in [-0.25, -0.2) is 0 Å². The van der Waals surface area contributed by atoms with Crippen LogP contribution in [-0.2, 0) is 9.59 Å². The lowest BCUT2D eigenvalue weighted by Crippen LogP contribution is -2.36. The summed E-state index contributed by atoms with van der Waals surface area (Å²) in [4.78, 5) is 21.9. The van der Waals surface area contributed by atoms with Gasteiger partial charge in [-0.3, -0.25) is 4.79 Å². The highest BCUT2D eigenvalue weighted by Crippen LogP contribution is 2.09. The lowest BCUT2D eigenvalue weighted by atomic mass is 10.4. The van der Waals surface area contributed by atoms with Gasteiger partial charge in [-0.2, -0.15) is 0 Å². The maximum absolute atomic E-state index is 11.0. The number of thiophene rings is 1. The Balaban J connectivity index is 2.37. The average molecular weight is 210 g/mol. The van der Waals surface area contributed by atoms with E-state index in [1.54, 1.807) is 6.08 Å². The number of aliphatic carboxylic acids is 1. The number of carbonyl (C=O) groups is 2. The molecule has 0 atom stereocenters. The predicted molar refractivity (Wildman–Crippen MR) is 51.4 cm³/mol. The molecule has 0 spiro atoms. The van der Waals surface area contributed by atoms with E-state index in [4.69, 9.17) is 0 Å². The Kier molecular flexibility index (Phi) is 3.87. The summed E-state index contributed by atoms with van der Waals surface area (Å²) >= 11 is 1.49. The standard InChI is InChI=1S/C9H9NO3S/c11-8(10-6-9(12)13)4-3-7-2-1-5-14-7/h1-5H,6H2,(H,10,11)(H,12,13)/p-1. The van der Waals surface area contributed by atoms with E-state index in [1.807, 2.05) is 17.5 Å². The maximum Gasteiger partial charge on any atom is 0.244 e. The molecule has 1 amide bonds. The molecule has 0 saturated carbocycles. The number of carbonyl (C=O) groups excluding carboxylic acids is 2. The van der Waals surface area contributed by atoms with Crippen LogP contribution in [0.2, 0.25) is 0 Å². The largest absolute Gasteiger partial charge is 0.548 e. The highest BCUT2D eigenvalue weighted by molar-refractivity contribution is 7.10. The summed E-state index contributed by atoms with van der Waals surface area (Å²) in [6, 6.07) is 3.72. The Morgan fingerprint density at radius 3 is 2.93 bits per heavy atom. The molecule has 0 aliphatic carbocycles. The van der Waals surface area contributed by atoms with Gasteiger partial charge in [0.25, 0.3) is 0 Å². The van der Waals surface area contributed by atoms with Crippen LogP contribution in [0.25, 0.3) is 6.08 Å². The molecule has 0 saturated heterocycles. The molecule has 0 aromatic carbocycles. The van der Waals surface area contributed by atoms with E-state index in [1.165, 1.54) is 17.4 Å². The third-order valence-corrected chi connectivity index (χ3v) is 2.19. The van der Waals surface area contributed by atoms with Crippen LogP contribution >= 0.6 is 11.3 Å². The molecule has 1 N–H and O–H groups in total. The monoisotopic (exact) mass is 210 g/mol. The van der Waals surface area contributed by atoms with Crippen molar-refractivity contribution in [3.63, 3.8) is 0 Å². The van der Waals surface area contributed by atoms with Crippen LogP contribution in [0.5, 0.6) is 0 Å². The molecular weight excluding hydrogens is 202 g/mol. The van der Waals surface area contributed by atoms with E-state index < -0.39 is 18.4 Å². The normalized spacial score (nSPS) is 10.3. The van der Waals surface area contributed by atoms with Gasteiger partial charge in [0.1, 0.15) is 0 Å². The Labute approximate surface area is 84.9 Å². The number of amides is 1. The summed E-state index contributed by atoms with van der Waals surface area (Å²) < 4.78 is 0. The number of rotatable bonds is 4. The molecule has 74 valence electrons. The zero-order valence-corrected chi connectivity index (χ0v) is 8.04. The molecular formula is C9H8NO3S-. The zero-order valence-electron chi connectivity index (χ0n) is 7.23. The molecule has 0 bridgehead atoms. The highest BCUT2D eigenvalue weighted by Gasteiger charge is 1.94. The molecule has 0 fully saturated rings. The first-order chi connectivity index (χ1) is 6.68. The number of nitrogens with one attached hydrogen (secondary N) is 1. The number of carboxylic acids is 1. The highest BCUT2D eigenvalue weighted by atomic mass is 32.1. The van der Waals surface area contributed by atoms with Crippen molar-refractivity contribution < 1.29 is 14.7 Å². The van der Waals surface area contributed by atoms with Gasteiger partial charge in [0.2, 0.25) is 5.91 Å². The van der Waals surface area contributed by atoms with Gasteiger partial charge >= 0.3 is 0 Å². The van der Waals surface area contributed by atoms with Crippen molar-refractivity contribution in [3.05, 3.63) is 28.5 Å². The summed E-state index contributed by atoms with van der Waals surface area (Å²) in [5.41, 5.74) is 0. The van der Waals surface area contributed by atoms with E-state index in [2.05, 4.69) is 5.32 Å². The van der Waals surface area contributed by atoms with Crippen molar-refractivity contribution in [2.75, 3.05) is 6.54 Å². The van der Waals surface area contributed by atoms with E-state index in [-0.39, 0.29) is 0 Å². The molecule has 1 heterocycles. The zero-order chi connectivity index (χ0) is 10.4. The third kappa shape index (κ3) is 3.86. The first kappa shape index (κ1) is 10.5. The van der Waals surface area contributed by atoms with E-state index >= 15 is 0 Å². The van der Waals surface area contributed by atoms with Crippen molar-refractivity contribution >= 4 is 29.3 Å². The number of hydrogen-bond acceptors (Lipinski definition) is 4. The van der Waals surface area contributed by atoms with Crippen LogP contribution in [0.3, 0.4) is 0 Å². The molecule has 0 aliphatic heterocycles. The van der Waals surface area contributed by atoms with Crippen molar-refractivity contribution in [1.29, 1.82) is 0 Å². The smallest absolute Gasteiger partial charge is 0.244 e. The molecule has 0 aliphatic rings. The molecule has 0 radical (unpaired) electrons. The topological polar surface area (TPSA) is 69.2 Å². The number of carboxylic acid groups (broad SMARTS) is 1. The van der Waals surface area contributed by atoms with Crippen LogP contribution in [0.1, 0.15) is 4.88 Å².